The zero-order chi connectivity index (χ0) is 23.5. The molecule has 0 aliphatic heterocycles. The van der Waals surface area contributed by atoms with E-state index in [0.29, 0.717) is 26.5 Å². The fourth-order valence-electron chi connectivity index (χ4n) is 3.92. The highest BCUT2D eigenvalue weighted by atomic mass is 32.1. The maximum atomic E-state index is 12.9. The van der Waals surface area contributed by atoms with Gasteiger partial charge in [-0.15, -0.1) is 22.7 Å². The summed E-state index contributed by atoms with van der Waals surface area (Å²) in [6, 6.07) is 10.4. The highest BCUT2D eigenvalue weighted by molar-refractivity contribution is 7.29. The minimum absolute atomic E-state index is 0.148. The van der Waals surface area contributed by atoms with Gasteiger partial charge in [-0.25, -0.2) is 4.98 Å². The smallest absolute Gasteiger partial charge is 0.288 e. The Morgan fingerprint density at radius 3 is 2.24 bits per heavy atom. The van der Waals surface area contributed by atoms with Crippen LogP contribution in [0.4, 0.5) is 13.2 Å². The number of allylic oxidation sites excluding steroid dienone is 1. The van der Waals surface area contributed by atoms with Crippen molar-refractivity contribution in [3.63, 3.8) is 0 Å². The predicted molar refractivity (Wildman–Crippen MR) is 125 cm³/mol. The van der Waals surface area contributed by atoms with Gasteiger partial charge in [-0.2, -0.15) is 13.2 Å². The number of carbonyl (C=O) groups is 2. The summed E-state index contributed by atoms with van der Waals surface area (Å²) >= 11 is 2.70. The Balaban J connectivity index is 1.45. The first-order chi connectivity index (χ1) is 15.7. The van der Waals surface area contributed by atoms with Crippen LogP contribution in [0.15, 0.2) is 48.0 Å². The monoisotopic (exact) mass is 483 g/mol. The molecule has 166 valence electrons. The van der Waals surface area contributed by atoms with Crippen molar-refractivity contribution < 1.29 is 22.8 Å². The van der Waals surface area contributed by atoms with Crippen LogP contribution in [0.5, 0.6) is 0 Å². The normalized spacial score (nSPS) is 15.1. The van der Waals surface area contributed by atoms with Crippen molar-refractivity contribution in [3.05, 3.63) is 80.7 Å². The van der Waals surface area contributed by atoms with Gasteiger partial charge in [-0.3, -0.25) is 9.59 Å². The first-order valence-electron chi connectivity index (χ1n) is 10.2. The van der Waals surface area contributed by atoms with Gasteiger partial charge in [-0.05, 0) is 60.9 Å². The third-order valence-corrected chi connectivity index (χ3v) is 7.85. The molecule has 2 aromatic carbocycles. The van der Waals surface area contributed by atoms with Crippen molar-refractivity contribution >= 4 is 49.8 Å². The lowest BCUT2D eigenvalue weighted by atomic mass is 9.99. The van der Waals surface area contributed by atoms with Crippen LogP contribution in [-0.4, -0.2) is 16.6 Å². The number of alkyl halides is 3. The van der Waals surface area contributed by atoms with Crippen LogP contribution in [0.2, 0.25) is 0 Å². The summed E-state index contributed by atoms with van der Waals surface area (Å²) in [6.45, 7) is 3.95. The third kappa shape index (κ3) is 3.73. The van der Waals surface area contributed by atoms with Crippen LogP contribution in [0.3, 0.4) is 0 Å². The second-order valence-corrected chi connectivity index (χ2v) is 9.90. The van der Waals surface area contributed by atoms with Crippen molar-refractivity contribution in [2.75, 3.05) is 0 Å². The number of halogens is 3. The Morgan fingerprint density at radius 1 is 0.970 bits per heavy atom. The maximum Gasteiger partial charge on any atom is 0.416 e. The Morgan fingerprint density at radius 2 is 1.64 bits per heavy atom. The number of hydrogen-bond donors (Lipinski definition) is 0. The second-order valence-electron chi connectivity index (χ2n) is 7.81. The molecule has 0 unspecified atom stereocenters. The van der Waals surface area contributed by atoms with Crippen LogP contribution >= 0.6 is 22.7 Å². The van der Waals surface area contributed by atoms with Crippen LogP contribution < -0.4 is 0 Å². The van der Waals surface area contributed by atoms with E-state index in [-0.39, 0.29) is 17.1 Å². The number of ketones is 2. The largest absolute Gasteiger partial charge is 0.416 e. The lowest BCUT2D eigenvalue weighted by molar-refractivity contribution is -0.137. The van der Waals surface area contributed by atoms with E-state index in [0.717, 1.165) is 39.3 Å². The van der Waals surface area contributed by atoms with E-state index >= 15 is 0 Å². The van der Waals surface area contributed by atoms with Crippen LogP contribution in [0, 0.1) is 6.92 Å². The van der Waals surface area contributed by atoms with Gasteiger partial charge >= 0.3 is 6.18 Å². The standard InChI is InChI=1S/C25H16F3NO2S2/c1-3-13-9-18-17(8-12(13)2)21(30)19(22(18)31)10-16-11-20-24(32-16)29-23(33-20)14-4-6-15(7-5-14)25(26,27)28/h4-11H,3H2,1-2H3/b19-10-. The zero-order valence-electron chi connectivity index (χ0n) is 17.5. The molecule has 5 rings (SSSR count). The van der Waals surface area contributed by atoms with E-state index in [1.807, 2.05) is 26.0 Å². The molecule has 4 aromatic rings. The first kappa shape index (κ1) is 21.7. The number of benzene rings is 2. The molecular weight excluding hydrogens is 467 g/mol. The fraction of sp³-hybridized carbons (Fsp3) is 0.160. The minimum atomic E-state index is -4.38. The molecule has 0 amide bonds. The Bertz CT molecular complexity index is 1440. The van der Waals surface area contributed by atoms with Gasteiger partial charge in [0.15, 0.2) is 11.6 Å². The van der Waals surface area contributed by atoms with E-state index in [9.17, 15) is 22.8 Å². The van der Waals surface area contributed by atoms with Crippen LogP contribution in [0.25, 0.3) is 26.2 Å². The van der Waals surface area contributed by atoms with Crippen molar-refractivity contribution in [1.29, 1.82) is 0 Å². The van der Waals surface area contributed by atoms with E-state index in [2.05, 4.69) is 4.98 Å². The molecule has 0 radical (unpaired) electrons. The molecule has 0 fully saturated rings. The number of rotatable bonds is 3. The molecule has 2 aromatic heterocycles. The van der Waals surface area contributed by atoms with Gasteiger partial charge in [0, 0.05) is 21.6 Å². The molecule has 0 bridgehead atoms. The van der Waals surface area contributed by atoms with Gasteiger partial charge in [0.2, 0.25) is 0 Å². The van der Waals surface area contributed by atoms with Crippen LogP contribution in [-0.2, 0) is 12.6 Å². The molecule has 1 aliphatic rings. The summed E-state index contributed by atoms with van der Waals surface area (Å²) in [4.78, 5) is 31.8. The highest BCUT2D eigenvalue weighted by Gasteiger charge is 2.34. The van der Waals surface area contributed by atoms with Crippen molar-refractivity contribution in [3.8, 4) is 10.6 Å². The molecule has 33 heavy (non-hydrogen) atoms. The summed E-state index contributed by atoms with van der Waals surface area (Å²) in [5, 5.41) is 0.618. The first-order valence-corrected chi connectivity index (χ1v) is 11.8. The lowest BCUT2D eigenvalue weighted by Gasteiger charge is -2.06. The van der Waals surface area contributed by atoms with Crippen LogP contribution in [0.1, 0.15) is 49.2 Å². The average molecular weight is 484 g/mol. The second kappa shape index (κ2) is 7.74. The number of hydrogen-bond acceptors (Lipinski definition) is 5. The van der Waals surface area contributed by atoms with Gasteiger partial charge in [0.25, 0.3) is 0 Å². The molecule has 0 saturated heterocycles. The van der Waals surface area contributed by atoms with Crippen molar-refractivity contribution in [1.82, 2.24) is 4.98 Å². The van der Waals surface area contributed by atoms with Crippen molar-refractivity contribution in [2.45, 2.75) is 26.4 Å². The average Bonchev–Trinajstić information content (AvgIpc) is 3.40. The SMILES string of the molecule is CCc1cc2c(cc1C)C(=O)/C(=C/c1cc3sc(-c4ccc(C(F)(F)F)cc4)nc3s1)C2=O. The van der Waals surface area contributed by atoms with Gasteiger partial charge in [0.1, 0.15) is 9.84 Å². The van der Waals surface area contributed by atoms with Crippen molar-refractivity contribution in [2.24, 2.45) is 0 Å². The maximum absolute atomic E-state index is 12.9. The number of thiazole rings is 1. The Labute approximate surface area is 195 Å². The summed E-state index contributed by atoms with van der Waals surface area (Å²) < 4.78 is 39.2. The summed E-state index contributed by atoms with van der Waals surface area (Å²) in [5.41, 5.74) is 3.00. The predicted octanol–water partition coefficient (Wildman–Crippen LogP) is 7.38. The Kier molecular flexibility index (Phi) is 5.10. The van der Waals surface area contributed by atoms with E-state index < -0.39 is 11.7 Å². The zero-order valence-corrected chi connectivity index (χ0v) is 19.2. The summed E-state index contributed by atoms with van der Waals surface area (Å²) in [6.07, 6.45) is -1.98. The number of thiophene rings is 1. The number of nitrogens with zero attached hydrogens (tertiary/aromatic N) is 1. The fourth-order valence-corrected chi connectivity index (χ4v) is 6.10. The third-order valence-electron chi connectivity index (χ3n) is 5.69. The highest BCUT2D eigenvalue weighted by Crippen LogP contribution is 2.38. The molecule has 3 nitrogen and oxygen atoms in total. The number of aromatic nitrogens is 1. The quantitative estimate of drug-likeness (QED) is 0.226. The molecule has 0 spiro atoms. The molecule has 8 heteroatoms. The molecular formula is C25H16F3NO2S2. The summed E-state index contributed by atoms with van der Waals surface area (Å²) in [7, 11) is 0. The van der Waals surface area contributed by atoms with E-state index in [1.54, 1.807) is 12.1 Å². The van der Waals surface area contributed by atoms with E-state index in [4.69, 9.17) is 0 Å². The number of carbonyl (C=O) groups excluding carboxylic acids is 2. The van der Waals surface area contributed by atoms with Gasteiger partial charge in [0.05, 0.1) is 15.8 Å². The van der Waals surface area contributed by atoms with Gasteiger partial charge < -0.3 is 0 Å². The van der Waals surface area contributed by atoms with Gasteiger partial charge in [-0.1, -0.05) is 19.1 Å². The number of aryl methyl sites for hydroxylation is 2. The molecule has 2 heterocycles. The Hall–Kier alpha value is -3.10. The molecule has 0 saturated carbocycles. The lowest BCUT2D eigenvalue weighted by Crippen LogP contribution is -2.03. The topological polar surface area (TPSA) is 47.0 Å². The number of fused-ring (bicyclic) bond motifs is 2. The molecule has 1 aliphatic carbocycles. The minimum Gasteiger partial charge on any atom is -0.288 e. The molecule has 0 N–H and O–H groups in total. The number of Topliss-reactive ketones (excluding diaryl/α,β-unsaturated/α-hetero) is 2. The molecule has 0 atom stereocenters. The summed E-state index contributed by atoms with van der Waals surface area (Å²) in [5.74, 6) is -0.532. The van der Waals surface area contributed by atoms with E-state index in [1.165, 1.54) is 34.8 Å².